The van der Waals surface area contributed by atoms with E-state index < -0.39 is 6.10 Å². The highest BCUT2D eigenvalue weighted by atomic mass is 16.5. The van der Waals surface area contributed by atoms with Crippen LogP contribution in [0.1, 0.15) is 18.1 Å². The molecule has 0 unspecified atom stereocenters. The van der Waals surface area contributed by atoms with Crippen molar-refractivity contribution in [1.82, 2.24) is 5.32 Å². The Balaban J connectivity index is 1.65. The topological polar surface area (TPSA) is 47.6 Å². The number of ether oxygens (including phenoxy) is 2. The van der Waals surface area contributed by atoms with Crippen LogP contribution >= 0.6 is 0 Å². The summed E-state index contributed by atoms with van der Waals surface area (Å²) in [5.74, 6) is 0.590. The maximum atomic E-state index is 12.0. The summed E-state index contributed by atoms with van der Waals surface area (Å²) < 4.78 is 11.2. The van der Waals surface area contributed by atoms with E-state index in [1.54, 1.807) is 6.92 Å². The number of amides is 1. The van der Waals surface area contributed by atoms with Gasteiger partial charge >= 0.3 is 0 Å². The van der Waals surface area contributed by atoms with E-state index in [1.807, 2.05) is 61.5 Å². The summed E-state index contributed by atoms with van der Waals surface area (Å²) in [6.45, 7) is 5.18. The van der Waals surface area contributed by atoms with Crippen LogP contribution in [0.5, 0.6) is 5.75 Å². The maximum absolute atomic E-state index is 12.0. The summed E-state index contributed by atoms with van der Waals surface area (Å²) in [6, 6.07) is 17.6. The number of aryl methyl sites for hydroxylation is 1. The van der Waals surface area contributed by atoms with Crippen LogP contribution in [-0.2, 0) is 16.1 Å². The predicted octanol–water partition coefficient (Wildman–Crippen LogP) is 3.10. The number of carbonyl (C=O) groups excluding carboxylic acids is 1. The standard InChI is InChI=1S/C19H23NO3/c1-15-8-6-7-11-18(15)23-16(2)19(21)20-12-13-22-14-17-9-4-3-5-10-17/h3-11,16H,12-14H2,1-2H3,(H,20,21)/t16-/m0/s1. The van der Waals surface area contributed by atoms with E-state index in [9.17, 15) is 4.79 Å². The van der Waals surface area contributed by atoms with Crippen LogP contribution in [0.3, 0.4) is 0 Å². The fraction of sp³-hybridized carbons (Fsp3) is 0.316. The molecule has 0 bridgehead atoms. The first-order valence-corrected chi connectivity index (χ1v) is 7.78. The molecule has 1 atom stereocenters. The van der Waals surface area contributed by atoms with Gasteiger partial charge in [-0.25, -0.2) is 0 Å². The zero-order valence-electron chi connectivity index (χ0n) is 13.6. The van der Waals surface area contributed by atoms with E-state index >= 15 is 0 Å². The van der Waals surface area contributed by atoms with Crippen LogP contribution in [0, 0.1) is 6.92 Å². The highest BCUT2D eigenvalue weighted by molar-refractivity contribution is 5.80. The van der Waals surface area contributed by atoms with Gasteiger partial charge < -0.3 is 14.8 Å². The molecule has 0 saturated carbocycles. The first-order chi connectivity index (χ1) is 11.2. The van der Waals surface area contributed by atoms with Crippen LogP contribution < -0.4 is 10.1 Å². The Labute approximate surface area is 137 Å². The third-order valence-corrected chi connectivity index (χ3v) is 3.42. The first kappa shape index (κ1) is 17.0. The van der Waals surface area contributed by atoms with E-state index in [0.29, 0.717) is 19.8 Å². The van der Waals surface area contributed by atoms with Crippen molar-refractivity contribution in [2.45, 2.75) is 26.6 Å². The van der Waals surface area contributed by atoms with Crippen molar-refractivity contribution in [2.75, 3.05) is 13.2 Å². The molecule has 0 aliphatic heterocycles. The predicted molar refractivity (Wildman–Crippen MR) is 90.4 cm³/mol. The molecule has 0 fully saturated rings. The van der Waals surface area contributed by atoms with Gasteiger partial charge in [-0.2, -0.15) is 0 Å². The quantitative estimate of drug-likeness (QED) is 0.762. The molecule has 122 valence electrons. The number of hydrogen-bond donors (Lipinski definition) is 1. The van der Waals surface area contributed by atoms with Crippen molar-refractivity contribution in [3.8, 4) is 5.75 Å². The third kappa shape index (κ3) is 5.75. The highest BCUT2D eigenvalue weighted by Crippen LogP contribution is 2.17. The van der Waals surface area contributed by atoms with Gasteiger partial charge in [0.2, 0.25) is 0 Å². The summed E-state index contributed by atoms with van der Waals surface area (Å²) in [6.07, 6.45) is -0.537. The van der Waals surface area contributed by atoms with Crippen molar-refractivity contribution in [3.05, 3.63) is 65.7 Å². The summed E-state index contributed by atoms with van der Waals surface area (Å²) in [4.78, 5) is 12.0. The highest BCUT2D eigenvalue weighted by Gasteiger charge is 2.14. The zero-order valence-corrected chi connectivity index (χ0v) is 13.6. The lowest BCUT2D eigenvalue weighted by Gasteiger charge is -2.16. The Morgan fingerprint density at radius 2 is 1.78 bits per heavy atom. The summed E-state index contributed by atoms with van der Waals surface area (Å²) in [5.41, 5.74) is 2.13. The van der Waals surface area contributed by atoms with E-state index in [4.69, 9.17) is 9.47 Å². The molecule has 23 heavy (non-hydrogen) atoms. The van der Waals surface area contributed by atoms with Crippen LogP contribution in [0.15, 0.2) is 54.6 Å². The molecule has 1 amide bonds. The number of benzene rings is 2. The van der Waals surface area contributed by atoms with Gasteiger partial charge in [-0.3, -0.25) is 4.79 Å². The van der Waals surface area contributed by atoms with Crippen molar-refractivity contribution in [1.29, 1.82) is 0 Å². The molecule has 4 nitrogen and oxygen atoms in total. The van der Waals surface area contributed by atoms with Gasteiger partial charge in [0, 0.05) is 6.54 Å². The van der Waals surface area contributed by atoms with Gasteiger partial charge in [0.15, 0.2) is 6.10 Å². The maximum Gasteiger partial charge on any atom is 0.260 e. The lowest BCUT2D eigenvalue weighted by Crippen LogP contribution is -2.38. The van der Waals surface area contributed by atoms with Crippen molar-refractivity contribution >= 4 is 5.91 Å². The van der Waals surface area contributed by atoms with E-state index in [1.165, 1.54) is 0 Å². The molecular weight excluding hydrogens is 290 g/mol. The number of para-hydroxylation sites is 1. The largest absolute Gasteiger partial charge is 0.481 e. The van der Waals surface area contributed by atoms with Crippen LogP contribution in [0.4, 0.5) is 0 Å². The number of nitrogens with one attached hydrogen (secondary N) is 1. The van der Waals surface area contributed by atoms with Gasteiger partial charge in [-0.05, 0) is 31.0 Å². The third-order valence-electron chi connectivity index (χ3n) is 3.42. The number of rotatable bonds is 8. The van der Waals surface area contributed by atoms with Crippen LogP contribution in [0.25, 0.3) is 0 Å². The van der Waals surface area contributed by atoms with E-state index in [2.05, 4.69) is 5.32 Å². The average molecular weight is 313 g/mol. The number of hydrogen-bond acceptors (Lipinski definition) is 3. The van der Waals surface area contributed by atoms with Gasteiger partial charge in [-0.1, -0.05) is 48.5 Å². The molecule has 1 N–H and O–H groups in total. The lowest BCUT2D eigenvalue weighted by molar-refractivity contribution is -0.127. The van der Waals surface area contributed by atoms with Gasteiger partial charge in [0.1, 0.15) is 5.75 Å². The smallest absolute Gasteiger partial charge is 0.260 e. The summed E-state index contributed by atoms with van der Waals surface area (Å²) in [5, 5.41) is 2.82. The average Bonchev–Trinajstić information content (AvgIpc) is 2.57. The molecule has 0 spiro atoms. The zero-order chi connectivity index (χ0) is 16.5. The van der Waals surface area contributed by atoms with Gasteiger partial charge in [0.05, 0.1) is 13.2 Å². The van der Waals surface area contributed by atoms with Crippen molar-refractivity contribution in [3.63, 3.8) is 0 Å². The Morgan fingerprint density at radius 1 is 1.09 bits per heavy atom. The molecular formula is C19H23NO3. The monoisotopic (exact) mass is 313 g/mol. The van der Waals surface area contributed by atoms with Crippen LogP contribution in [-0.4, -0.2) is 25.2 Å². The van der Waals surface area contributed by atoms with E-state index in [-0.39, 0.29) is 5.91 Å². The molecule has 0 aliphatic rings. The minimum Gasteiger partial charge on any atom is -0.481 e. The Hall–Kier alpha value is -2.33. The molecule has 0 heterocycles. The first-order valence-electron chi connectivity index (χ1n) is 7.78. The molecule has 0 aromatic heterocycles. The van der Waals surface area contributed by atoms with Crippen molar-refractivity contribution < 1.29 is 14.3 Å². The normalized spacial score (nSPS) is 11.7. The molecule has 2 rings (SSSR count). The Kier molecular flexibility index (Phi) is 6.63. The van der Waals surface area contributed by atoms with Crippen LogP contribution in [0.2, 0.25) is 0 Å². The number of carbonyl (C=O) groups is 1. The summed E-state index contributed by atoms with van der Waals surface area (Å²) in [7, 11) is 0. The molecule has 0 aliphatic carbocycles. The lowest BCUT2D eigenvalue weighted by atomic mass is 10.2. The fourth-order valence-corrected chi connectivity index (χ4v) is 2.09. The molecule has 0 saturated heterocycles. The second kappa shape index (κ2) is 8.96. The molecule has 0 radical (unpaired) electrons. The Bertz CT molecular complexity index is 613. The molecule has 2 aromatic carbocycles. The molecule has 4 heteroatoms. The minimum absolute atomic E-state index is 0.142. The van der Waals surface area contributed by atoms with Crippen molar-refractivity contribution in [2.24, 2.45) is 0 Å². The minimum atomic E-state index is -0.537. The fourth-order valence-electron chi connectivity index (χ4n) is 2.09. The van der Waals surface area contributed by atoms with E-state index in [0.717, 1.165) is 16.9 Å². The van der Waals surface area contributed by atoms with Gasteiger partial charge in [-0.15, -0.1) is 0 Å². The van der Waals surface area contributed by atoms with Gasteiger partial charge in [0.25, 0.3) is 5.91 Å². The SMILES string of the molecule is Cc1ccccc1O[C@@H](C)C(=O)NCCOCc1ccccc1. The second-order valence-electron chi connectivity index (χ2n) is 5.35. The summed E-state index contributed by atoms with van der Waals surface area (Å²) >= 11 is 0. The Morgan fingerprint density at radius 3 is 2.52 bits per heavy atom. The molecule has 2 aromatic rings. The second-order valence-corrected chi connectivity index (χ2v) is 5.35.